The van der Waals surface area contributed by atoms with Crippen molar-refractivity contribution in [1.29, 1.82) is 5.26 Å². The molecule has 0 spiro atoms. The van der Waals surface area contributed by atoms with Crippen LogP contribution in [0.2, 0.25) is 0 Å². The first-order valence-corrected chi connectivity index (χ1v) is 11.3. The van der Waals surface area contributed by atoms with E-state index in [0.29, 0.717) is 46.8 Å². The molecule has 8 heteroatoms. The van der Waals surface area contributed by atoms with Crippen LogP contribution in [-0.4, -0.2) is 27.5 Å². The third-order valence-corrected chi connectivity index (χ3v) is 7.04. The third-order valence-electron chi connectivity index (χ3n) is 5.56. The predicted octanol–water partition coefficient (Wildman–Crippen LogP) is 3.86. The van der Waals surface area contributed by atoms with Crippen LogP contribution < -0.4 is 11.5 Å². The van der Waals surface area contributed by atoms with E-state index in [4.69, 9.17) is 16.7 Å². The lowest BCUT2D eigenvalue weighted by molar-refractivity contribution is 0.100. The number of nitrogens with zero attached hydrogens (tertiary/aromatic N) is 2. The molecular weight excluding hydrogens is 439 g/mol. The monoisotopic (exact) mass is 460 g/mol. The highest BCUT2D eigenvalue weighted by Gasteiger charge is 2.22. The van der Waals surface area contributed by atoms with E-state index in [-0.39, 0.29) is 11.4 Å². The van der Waals surface area contributed by atoms with Crippen LogP contribution in [0.5, 0.6) is 0 Å². The minimum atomic E-state index is -1.37. The Morgan fingerprint density at radius 3 is 2.33 bits per heavy atom. The molecule has 4 rings (SSSR count). The van der Waals surface area contributed by atoms with E-state index >= 15 is 0 Å². The van der Waals surface area contributed by atoms with Crippen LogP contribution in [0.4, 0.5) is 10.1 Å². The number of nitriles is 1. The van der Waals surface area contributed by atoms with E-state index in [1.165, 1.54) is 12.1 Å². The molecule has 4 N–H and O–H groups in total. The Hall–Kier alpha value is -3.80. The summed E-state index contributed by atoms with van der Waals surface area (Å²) < 4.78 is 28.1. The van der Waals surface area contributed by atoms with Crippen molar-refractivity contribution in [2.75, 3.05) is 18.8 Å². The molecule has 1 aliphatic heterocycles. The second-order valence-electron chi connectivity index (χ2n) is 7.61. The van der Waals surface area contributed by atoms with Gasteiger partial charge >= 0.3 is 0 Å². The number of rotatable bonds is 5. The van der Waals surface area contributed by atoms with Crippen molar-refractivity contribution in [2.45, 2.75) is 11.3 Å². The van der Waals surface area contributed by atoms with Gasteiger partial charge in [-0.2, -0.15) is 5.26 Å². The molecule has 0 saturated heterocycles. The second-order valence-corrected chi connectivity index (χ2v) is 9.09. The number of hydrogen-bond donors (Lipinski definition) is 2. The number of nitrogen functional groups attached to an aromatic ring is 1. The van der Waals surface area contributed by atoms with Crippen molar-refractivity contribution in [3.05, 3.63) is 89.2 Å². The summed E-state index contributed by atoms with van der Waals surface area (Å²) in [6.45, 7) is 0.943. The van der Waals surface area contributed by atoms with Gasteiger partial charge in [-0.3, -0.25) is 4.79 Å². The van der Waals surface area contributed by atoms with Crippen LogP contribution in [-0.2, 0) is 11.0 Å². The third kappa shape index (κ3) is 4.70. The Bertz CT molecular complexity index is 1310. The van der Waals surface area contributed by atoms with Crippen molar-refractivity contribution in [3.8, 4) is 17.2 Å². The first-order chi connectivity index (χ1) is 15.9. The molecule has 0 radical (unpaired) electrons. The molecule has 1 atom stereocenters. The minimum absolute atomic E-state index is 0.205. The van der Waals surface area contributed by atoms with E-state index in [1.807, 2.05) is 22.5 Å². The molecule has 1 aliphatic rings. The lowest BCUT2D eigenvalue weighted by Crippen LogP contribution is -2.30. The topological polar surface area (TPSA) is 113 Å². The summed E-state index contributed by atoms with van der Waals surface area (Å²) in [6, 6.07) is 18.2. The van der Waals surface area contributed by atoms with Crippen molar-refractivity contribution >= 4 is 28.2 Å². The van der Waals surface area contributed by atoms with Gasteiger partial charge in [-0.05, 0) is 71.7 Å². The van der Waals surface area contributed by atoms with Crippen LogP contribution >= 0.6 is 0 Å². The highest BCUT2D eigenvalue weighted by molar-refractivity contribution is 7.82. The zero-order valence-electron chi connectivity index (χ0n) is 17.6. The molecule has 1 unspecified atom stereocenters. The van der Waals surface area contributed by atoms with Gasteiger partial charge < -0.3 is 11.5 Å². The summed E-state index contributed by atoms with van der Waals surface area (Å²) in [5.41, 5.74) is 15.9. The molecule has 166 valence electrons. The van der Waals surface area contributed by atoms with Crippen LogP contribution in [0.25, 0.3) is 16.7 Å². The van der Waals surface area contributed by atoms with E-state index < -0.39 is 16.9 Å². The average molecular weight is 461 g/mol. The second kappa shape index (κ2) is 9.36. The van der Waals surface area contributed by atoms with Crippen LogP contribution in [0.1, 0.15) is 27.9 Å². The van der Waals surface area contributed by atoms with E-state index in [9.17, 15) is 13.4 Å². The summed E-state index contributed by atoms with van der Waals surface area (Å²) >= 11 is 0. The predicted molar refractivity (Wildman–Crippen MR) is 126 cm³/mol. The number of carbonyl (C=O) groups excluding carboxylic acids is 1. The van der Waals surface area contributed by atoms with Gasteiger partial charge in [-0.1, -0.05) is 18.2 Å². The fourth-order valence-electron chi connectivity index (χ4n) is 3.77. The maximum Gasteiger partial charge on any atom is 0.250 e. The number of carbonyl (C=O) groups is 1. The largest absolute Gasteiger partial charge is 0.398 e. The maximum absolute atomic E-state index is 13.4. The molecule has 6 nitrogen and oxygen atoms in total. The quantitative estimate of drug-likeness (QED) is 0.563. The number of nitrogens with two attached hydrogens (primary N) is 2. The Morgan fingerprint density at radius 2 is 1.76 bits per heavy atom. The van der Waals surface area contributed by atoms with Gasteiger partial charge in [0.25, 0.3) is 5.91 Å². The fourth-order valence-corrected chi connectivity index (χ4v) is 4.91. The lowest BCUT2D eigenvalue weighted by atomic mass is 9.91. The highest BCUT2D eigenvalue weighted by Crippen LogP contribution is 2.34. The average Bonchev–Trinajstić information content (AvgIpc) is 2.84. The van der Waals surface area contributed by atoms with Gasteiger partial charge in [0.1, 0.15) is 16.8 Å². The molecule has 3 aromatic carbocycles. The molecule has 1 heterocycles. The Kier molecular flexibility index (Phi) is 6.36. The lowest BCUT2D eigenvalue weighted by Gasteiger charge is -2.26. The van der Waals surface area contributed by atoms with Gasteiger partial charge in [0.15, 0.2) is 0 Å². The first kappa shape index (κ1) is 22.4. The Balaban J connectivity index is 1.64. The van der Waals surface area contributed by atoms with Crippen molar-refractivity contribution < 1.29 is 13.4 Å². The maximum atomic E-state index is 13.4. The summed E-state index contributed by atoms with van der Waals surface area (Å²) in [6.07, 6.45) is 2.51. The van der Waals surface area contributed by atoms with Crippen LogP contribution in [0.15, 0.2) is 71.6 Å². The van der Waals surface area contributed by atoms with Gasteiger partial charge in [-0.25, -0.2) is 12.9 Å². The van der Waals surface area contributed by atoms with Gasteiger partial charge in [0.05, 0.1) is 27.8 Å². The SMILES string of the molecule is N#Cc1ccc(S(=O)N2CC=C(c3cc(-c4ccc(F)cc4)cc(C(N)=O)c3N)CC2)cc1. The number of anilines is 1. The molecule has 0 aliphatic carbocycles. The van der Waals surface area contributed by atoms with E-state index in [2.05, 4.69) is 0 Å². The Morgan fingerprint density at radius 1 is 1.06 bits per heavy atom. The Labute approximate surface area is 193 Å². The molecule has 0 fully saturated rings. The zero-order chi connectivity index (χ0) is 23.5. The number of benzene rings is 3. The molecule has 3 aromatic rings. The summed E-state index contributed by atoms with van der Waals surface area (Å²) in [5, 5.41) is 8.93. The molecule has 33 heavy (non-hydrogen) atoms. The molecular formula is C25H21FN4O2S. The van der Waals surface area contributed by atoms with Gasteiger partial charge in [-0.15, -0.1) is 0 Å². The molecule has 0 bridgehead atoms. The molecule has 1 amide bonds. The summed E-state index contributed by atoms with van der Waals surface area (Å²) in [5.74, 6) is -0.993. The van der Waals surface area contributed by atoms with Crippen LogP contribution in [0.3, 0.4) is 0 Å². The van der Waals surface area contributed by atoms with Gasteiger partial charge in [0.2, 0.25) is 0 Å². The highest BCUT2D eigenvalue weighted by atomic mass is 32.2. The summed E-state index contributed by atoms with van der Waals surface area (Å²) in [7, 11) is -1.37. The van der Waals surface area contributed by atoms with Crippen molar-refractivity contribution in [2.24, 2.45) is 5.73 Å². The number of amides is 1. The number of halogens is 1. The fraction of sp³-hybridized carbons (Fsp3) is 0.120. The normalized spacial score (nSPS) is 14.8. The van der Waals surface area contributed by atoms with Crippen molar-refractivity contribution in [1.82, 2.24) is 4.31 Å². The van der Waals surface area contributed by atoms with Crippen molar-refractivity contribution in [3.63, 3.8) is 0 Å². The minimum Gasteiger partial charge on any atom is -0.398 e. The first-order valence-electron chi connectivity index (χ1n) is 10.2. The smallest absolute Gasteiger partial charge is 0.250 e. The van der Waals surface area contributed by atoms with E-state index in [0.717, 1.165) is 11.1 Å². The molecule has 0 aromatic heterocycles. The molecule has 0 saturated carbocycles. The standard InChI is InChI=1S/C25H21FN4O2S/c26-20-5-3-17(4-6-20)19-13-22(24(28)23(14-19)25(29)31)18-9-11-30(12-10-18)33(32)21-7-1-16(15-27)2-8-21/h1-9,13-14H,10-12,28H2,(H2,29,31). The zero-order valence-corrected chi connectivity index (χ0v) is 18.4. The van der Waals surface area contributed by atoms with Crippen LogP contribution in [0, 0.1) is 17.1 Å². The number of primary amides is 1. The summed E-state index contributed by atoms with van der Waals surface area (Å²) in [4.78, 5) is 12.7. The van der Waals surface area contributed by atoms with E-state index in [1.54, 1.807) is 42.5 Å². The van der Waals surface area contributed by atoms with Gasteiger partial charge in [0, 0.05) is 18.7 Å². The number of hydrogen-bond acceptors (Lipinski definition) is 4.